The van der Waals surface area contributed by atoms with E-state index in [9.17, 15) is 13.2 Å². The highest BCUT2D eigenvalue weighted by atomic mass is 19.4. The minimum absolute atomic E-state index is 0.0295. The third-order valence-electron chi connectivity index (χ3n) is 3.28. The third kappa shape index (κ3) is 1.91. The highest BCUT2D eigenvalue weighted by Gasteiger charge is 2.34. The molecular weight excluding hydrogens is 259 g/mol. The Balaban J connectivity index is 2.11. The predicted octanol–water partition coefficient (Wildman–Crippen LogP) is 2.13. The van der Waals surface area contributed by atoms with Crippen molar-refractivity contribution in [2.24, 2.45) is 0 Å². The molecule has 0 aromatic carbocycles. The van der Waals surface area contributed by atoms with Crippen LogP contribution >= 0.6 is 0 Å². The molecule has 0 saturated heterocycles. The number of nitrogens with zero attached hydrogens (tertiary/aromatic N) is 5. The smallest absolute Gasteiger partial charge is 0.320 e. The van der Waals surface area contributed by atoms with E-state index >= 15 is 0 Å². The Morgan fingerprint density at radius 2 is 2.11 bits per heavy atom. The fourth-order valence-corrected chi connectivity index (χ4v) is 2.50. The van der Waals surface area contributed by atoms with E-state index in [1.807, 2.05) is 18.4 Å². The standard InChI is InChI=1S/C11H12F3N5/c1-6-5-18-7(2)16-17-10(18)8-4-15-9(19(6)8)3-11(12,13)14/h4,6H,3,5H2,1-2H3. The van der Waals surface area contributed by atoms with Crippen LogP contribution in [-0.2, 0) is 13.0 Å². The molecule has 0 amide bonds. The monoisotopic (exact) mass is 271 g/mol. The Morgan fingerprint density at radius 1 is 1.37 bits per heavy atom. The van der Waals surface area contributed by atoms with Crippen molar-refractivity contribution < 1.29 is 13.2 Å². The van der Waals surface area contributed by atoms with Gasteiger partial charge >= 0.3 is 6.18 Å². The van der Waals surface area contributed by atoms with Crippen molar-refractivity contribution in [1.29, 1.82) is 0 Å². The van der Waals surface area contributed by atoms with Gasteiger partial charge in [-0.05, 0) is 13.8 Å². The summed E-state index contributed by atoms with van der Waals surface area (Å²) in [6.07, 6.45) is -3.84. The minimum atomic E-state index is -4.26. The number of hydrogen-bond acceptors (Lipinski definition) is 3. The van der Waals surface area contributed by atoms with Crippen LogP contribution in [-0.4, -0.2) is 30.5 Å². The molecular formula is C11H12F3N5. The highest BCUT2D eigenvalue weighted by molar-refractivity contribution is 5.52. The summed E-state index contributed by atoms with van der Waals surface area (Å²) < 4.78 is 41.1. The average Bonchev–Trinajstić information content (AvgIpc) is 2.83. The molecule has 0 fully saturated rings. The highest BCUT2D eigenvalue weighted by Crippen LogP contribution is 2.32. The summed E-state index contributed by atoms with van der Waals surface area (Å²) in [7, 11) is 0. The molecule has 0 spiro atoms. The van der Waals surface area contributed by atoms with Crippen LogP contribution in [0.5, 0.6) is 0 Å². The molecule has 19 heavy (non-hydrogen) atoms. The van der Waals surface area contributed by atoms with Crippen molar-refractivity contribution in [3.63, 3.8) is 0 Å². The molecule has 3 heterocycles. The van der Waals surface area contributed by atoms with Crippen molar-refractivity contribution in [1.82, 2.24) is 24.3 Å². The maximum absolute atomic E-state index is 12.5. The zero-order valence-electron chi connectivity index (χ0n) is 10.4. The Bertz CT molecular complexity index is 625. The summed E-state index contributed by atoms with van der Waals surface area (Å²) in [5.74, 6) is 1.37. The summed E-state index contributed by atoms with van der Waals surface area (Å²) in [6, 6.07) is -0.1000. The van der Waals surface area contributed by atoms with Gasteiger partial charge in [-0.1, -0.05) is 0 Å². The van der Waals surface area contributed by atoms with Gasteiger partial charge in [-0.3, -0.25) is 0 Å². The van der Waals surface area contributed by atoms with Crippen molar-refractivity contribution in [2.45, 2.75) is 39.0 Å². The summed E-state index contributed by atoms with van der Waals surface area (Å²) in [5, 5.41) is 7.98. The van der Waals surface area contributed by atoms with Crippen molar-refractivity contribution in [3.05, 3.63) is 17.8 Å². The van der Waals surface area contributed by atoms with Crippen LogP contribution in [0.1, 0.15) is 24.6 Å². The van der Waals surface area contributed by atoms with E-state index in [0.717, 1.165) is 5.82 Å². The lowest BCUT2D eigenvalue weighted by molar-refractivity contribution is -0.129. The van der Waals surface area contributed by atoms with Crippen LogP contribution in [0.4, 0.5) is 13.2 Å². The molecule has 2 aromatic rings. The normalized spacial score (nSPS) is 18.3. The lowest BCUT2D eigenvalue weighted by atomic mass is 10.2. The summed E-state index contributed by atoms with van der Waals surface area (Å²) in [4.78, 5) is 3.90. The zero-order valence-corrected chi connectivity index (χ0v) is 10.4. The van der Waals surface area contributed by atoms with E-state index in [2.05, 4.69) is 15.2 Å². The van der Waals surface area contributed by atoms with E-state index in [-0.39, 0.29) is 11.9 Å². The molecule has 3 rings (SSSR count). The first kappa shape index (κ1) is 12.2. The van der Waals surface area contributed by atoms with E-state index in [0.29, 0.717) is 18.1 Å². The van der Waals surface area contributed by atoms with Crippen molar-refractivity contribution in [3.8, 4) is 11.5 Å². The van der Waals surface area contributed by atoms with E-state index in [1.165, 1.54) is 6.20 Å². The number of halogens is 3. The first-order valence-corrected chi connectivity index (χ1v) is 5.90. The molecule has 0 N–H and O–H groups in total. The zero-order chi connectivity index (χ0) is 13.8. The van der Waals surface area contributed by atoms with Crippen LogP contribution in [0.2, 0.25) is 0 Å². The number of hydrogen-bond donors (Lipinski definition) is 0. The van der Waals surface area contributed by atoms with Gasteiger partial charge in [0.1, 0.15) is 23.8 Å². The van der Waals surface area contributed by atoms with Crippen molar-refractivity contribution in [2.75, 3.05) is 0 Å². The predicted molar refractivity (Wildman–Crippen MR) is 60.5 cm³/mol. The maximum Gasteiger partial charge on any atom is 0.396 e. The van der Waals surface area contributed by atoms with E-state index in [4.69, 9.17) is 0 Å². The molecule has 2 aromatic heterocycles. The van der Waals surface area contributed by atoms with Crippen LogP contribution in [0.3, 0.4) is 0 Å². The fraction of sp³-hybridized carbons (Fsp3) is 0.545. The van der Waals surface area contributed by atoms with Gasteiger partial charge in [0, 0.05) is 6.54 Å². The fourth-order valence-electron chi connectivity index (χ4n) is 2.50. The Labute approximate surface area is 107 Å². The summed E-state index contributed by atoms with van der Waals surface area (Å²) in [5.41, 5.74) is 0.596. The third-order valence-corrected chi connectivity index (χ3v) is 3.28. The molecule has 1 aliphatic rings. The largest absolute Gasteiger partial charge is 0.396 e. The average molecular weight is 271 g/mol. The van der Waals surface area contributed by atoms with Crippen LogP contribution in [0.25, 0.3) is 11.5 Å². The Morgan fingerprint density at radius 3 is 2.79 bits per heavy atom. The second-order valence-electron chi connectivity index (χ2n) is 4.75. The number of alkyl halides is 3. The van der Waals surface area contributed by atoms with Crippen LogP contribution < -0.4 is 0 Å². The van der Waals surface area contributed by atoms with Gasteiger partial charge < -0.3 is 9.13 Å². The quantitative estimate of drug-likeness (QED) is 0.798. The lowest BCUT2D eigenvalue weighted by Gasteiger charge is -2.25. The number of aromatic nitrogens is 5. The molecule has 0 saturated carbocycles. The molecule has 8 heteroatoms. The molecule has 102 valence electrons. The first-order valence-electron chi connectivity index (χ1n) is 5.90. The lowest BCUT2D eigenvalue weighted by Crippen LogP contribution is -2.25. The van der Waals surface area contributed by atoms with Gasteiger partial charge in [-0.15, -0.1) is 10.2 Å². The summed E-state index contributed by atoms with van der Waals surface area (Å²) >= 11 is 0. The van der Waals surface area contributed by atoms with Gasteiger partial charge in [-0.25, -0.2) is 4.98 Å². The van der Waals surface area contributed by atoms with Gasteiger partial charge in [0.15, 0.2) is 5.82 Å². The Hall–Kier alpha value is -1.86. The minimum Gasteiger partial charge on any atom is -0.320 e. The molecule has 1 aliphatic heterocycles. The molecule has 0 aliphatic carbocycles. The van der Waals surface area contributed by atoms with Gasteiger partial charge in [0.25, 0.3) is 0 Å². The van der Waals surface area contributed by atoms with E-state index in [1.54, 1.807) is 4.57 Å². The van der Waals surface area contributed by atoms with Crippen LogP contribution in [0, 0.1) is 6.92 Å². The number of rotatable bonds is 1. The molecule has 1 unspecified atom stereocenters. The van der Waals surface area contributed by atoms with Gasteiger partial charge in [0.2, 0.25) is 0 Å². The first-order chi connectivity index (χ1) is 8.87. The number of aryl methyl sites for hydroxylation is 1. The molecule has 5 nitrogen and oxygen atoms in total. The SMILES string of the molecule is Cc1nnc2n1CC(C)n1c-2cnc1CC(F)(F)F. The maximum atomic E-state index is 12.5. The van der Waals surface area contributed by atoms with Crippen molar-refractivity contribution >= 4 is 0 Å². The second kappa shape index (κ2) is 3.82. The van der Waals surface area contributed by atoms with Gasteiger partial charge in [-0.2, -0.15) is 13.2 Å². The Kier molecular flexibility index (Phi) is 2.45. The number of fused-ring (bicyclic) bond motifs is 3. The molecule has 0 radical (unpaired) electrons. The molecule has 1 atom stereocenters. The van der Waals surface area contributed by atoms with Crippen LogP contribution in [0.15, 0.2) is 6.20 Å². The number of imidazole rings is 1. The molecule has 0 bridgehead atoms. The van der Waals surface area contributed by atoms with E-state index < -0.39 is 12.6 Å². The second-order valence-corrected chi connectivity index (χ2v) is 4.75. The summed E-state index contributed by atoms with van der Waals surface area (Å²) in [6.45, 7) is 4.25. The van der Waals surface area contributed by atoms with Gasteiger partial charge in [0.05, 0.1) is 12.2 Å². The topological polar surface area (TPSA) is 48.5 Å².